The number of nitrogens with zero attached hydrogens (tertiary/aromatic N) is 2. The molecule has 1 aromatic rings. The number of halogens is 1. The first-order valence-electron chi connectivity index (χ1n) is 6.20. The molecular weight excluding hydrogens is 250 g/mol. The minimum absolute atomic E-state index is 0.0264. The summed E-state index contributed by atoms with van der Waals surface area (Å²) in [5.74, 6) is -0.220. The molecule has 0 spiro atoms. The maximum Gasteiger partial charge on any atom is 0.221 e. The van der Waals surface area contributed by atoms with Crippen LogP contribution in [0.5, 0.6) is 0 Å². The number of aromatic nitrogens is 1. The largest absolute Gasteiger partial charge is 0.369 e. The number of carbonyl (C=O) groups is 1. The third-order valence-electron chi connectivity index (χ3n) is 3.59. The minimum atomic E-state index is -0.193. The molecule has 1 amide bonds. The zero-order chi connectivity index (χ0) is 13.1. The minimum Gasteiger partial charge on any atom is -0.369 e. The Morgan fingerprint density at radius 2 is 2.33 bits per heavy atom. The van der Waals surface area contributed by atoms with E-state index in [0.717, 1.165) is 31.5 Å². The maximum atomic E-state index is 11.3. The molecule has 18 heavy (non-hydrogen) atoms. The highest BCUT2D eigenvalue weighted by Gasteiger charge is 2.28. The number of hydrogen-bond donors (Lipinski definition) is 1. The Labute approximate surface area is 112 Å². The average molecular weight is 268 g/mol. The lowest BCUT2D eigenvalue weighted by molar-refractivity contribution is -0.124. The predicted octanol–water partition coefficient (Wildman–Crippen LogP) is 1.82. The molecule has 1 aromatic heterocycles. The van der Waals surface area contributed by atoms with Gasteiger partial charge in [-0.25, -0.2) is 4.98 Å². The van der Waals surface area contributed by atoms with Crippen LogP contribution in [0, 0.1) is 5.92 Å². The van der Waals surface area contributed by atoms with Crippen LogP contribution in [0.15, 0.2) is 18.3 Å². The Bertz CT molecular complexity index is 421. The standard InChI is InChI=1S/C13H18ClN3O/c1-9-2-4-11(13(15)18)8-17(9)7-10-3-5-12(14)16-6-10/h3,5-6,9,11H,2,4,7-8H2,1H3,(H2,15,18). The number of amides is 1. The summed E-state index contributed by atoms with van der Waals surface area (Å²) in [7, 11) is 0. The van der Waals surface area contributed by atoms with Crippen molar-refractivity contribution in [2.45, 2.75) is 32.4 Å². The fourth-order valence-corrected chi connectivity index (χ4v) is 2.48. The molecule has 1 aliphatic rings. The van der Waals surface area contributed by atoms with E-state index in [2.05, 4.69) is 16.8 Å². The molecule has 98 valence electrons. The van der Waals surface area contributed by atoms with Crippen LogP contribution < -0.4 is 5.73 Å². The number of carbonyl (C=O) groups excluding carboxylic acids is 1. The highest BCUT2D eigenvalue weighted by atomic mass is 35.5. The monoisotopic (exact) mass is 267 g/mol. The van der Waals surface area contributed by atoms with Crippen molar-refractivity contribution in [1.29, 1.82) is 0 Å². The fourth-order valence-electron chi connectivity index (χ4n) is 2.37. The van der Waals surface area contributed by atoms with Crippen molar-refractivity contribution in [1.82, 2.24) is 9.88 Å². The number of primary amides is 1. The van der Waals surface area contributed by atoms with Crippen LogP contribution in [0.25, 0.3) is 0 Å². The lowest BCUT2D eigenvalue weighted by atomic mass is 9.92. The number of likely N-dealkylation sites (tertiary alicyclic amines) is 1. The summed E-state index contributed by atoms with van der Waals surface area (Å²) < 4.78 is 0. The summed E-state index contributed by atoms with van der Waals surface area (Å²) in [4.78, 5) is 17.6. The molecule has 1 aliphatic heterocycles. The van der Waals surface area contributed by atoms with Gasteiger partial charge in [0, 0.05) is 25.3 Å². The Morgan fingerprint density at radius 3 is 2.94 bits per heavy atom. The zero-order valence-electron chi connectivity index (χ0n) is 10.5. The summed E-state index contributed by atoms with van der Waals surface area (Å²) in [6, 6.07) is 4.23. The number of nitrogens with two attached hydrogens (primary N) is 1. The number of pyridine rings is 1. The van der Waals surface area contributed by atoms with Gasteiger partial charge in [-0.05, 0) is 31.4 Å². The average Bonchev–Trinajstić information content (AvgIpc) is 2.34. The Balaban J connectivity index is 2.02. The van der Waals surface area contributed by atoms with Gasteiger partial charge < -0.3 is 5.73 Å². The van der Waals surface area contributed by atoms with Crippen LogP contribution >= 0.6 is 11.6 Å². The summed E-state index contributed by atoms with van der Waals surface area (Å²) in [6.07, 6.45) is 3.68. The van der Waals surface area contributed by atoms with Crippen LogP contribution in [0.3, 0.4) is 0 Å². The molecule has 0 bridgehead atoms. The molecule has 2 heterocycles. The van der Waals surface area contributed by atoms with E-state index in [4.69, 9.17) is 17.3 Å². The summed E-state index contributed by atoms with van der Waals surface area (Å²) in [5, 5.41) is 0.500. The molecule has 2 N–H and O–H groups in total. The van der Waals surface area contributed by atoms with E-state index in [1.54, 1.807) is 12.3 Å². The summed E-state index contributed by atoms with van der Waals surface area (Å²) >= 11 is 5.76. The van der Waals surface area contributed by atoms with Gasteiger partial charge in [0.15, 0.2) is 0 Å². The van der Waals surface area contributed by atoms with Gasteiger partial charge in [0.2, 0.25) is 5.91 Å². The van der Waals surface area contributed by atoms with Gasteiger partial charge in [-0.1, -0.05) is 17.7 Å². The molecular formula is C13H18ClN3O. The Morgan fingerprint density at radius 1 is 1.56 bits per heavy atom. The molecule has 5 heteroatoms. The highest BCUT2D eigenvalue weighted by Crippen LogP contribution is 2.23. The molecule has 0 saturated carbocycles. The molecule has 2 atom stereocenters. The molecule has 2 unspecified atom stereocenters. The van der Waals surface area contributed by atoms with Crippen molar-refractivity contribution in [2.75, 3.05) is 6.54 Å². The van der Waals surface area contributed by atoms with Crippen LogP contribution in [-0.4, -0.2) is 28.4 Å². The first-order chi connectivity index (χ1) is 8.56. The predicted molar refractivity (Wildman–Crippen MR) is 71.0 cm³/mol. The normalized spacial score (nSPS) is 25.0. The summed E-state index contributed by atoms with van der Waals surface area (Å²) in [6.45, 7) is 3.70. The number of piperidine rings is 1. The molecule has 1 saturated heterocycles. The third-order valence-corrected chi connectivity index (χ3v) is 3.81. The number of hydrogen-bond acceptors (Lipinski definition) is 3. The first kappa shape index (κ1) is 13.3. The smallest absolute Gasteiger partial charge is 0.221 e. The topological polar surface area (TPSA) is 59.2 Å². The van der Waals surface area contributed by atoms with Gasteiger partial charge in [-0.15, -0.1) is 0 Å². The molecule has 0 radical (unpaired) electrons. The van der Waals surface area contributed by atoms with Crippen molar-refractivity contribution in [3.05, 3.63) is 29.0 Å². The lowest BCUT2D eigenvalue weighted by Crippen LogP contribution is -2.45. The van der Waals surface area contributed by atoms with Gasteiger partial charge in [-0.3, -0.25) is 9.69 Å². The van der Waals surface area contributed by atoms with Gasteiger partial charge >= 0.3 is 0 Å². The Kier molecular flexibility index (Phi) is 4.19. The second kappa shape index (κ2) is 5.67. The van der Waals surface area contributed by atoms with E-state index < -0.39 is 0 Å². The summed E-state index contributed by atoms with van der Waals surface area (Å²) in [5.41, 5.74) is 6.50. The van der Waals surface area contributed by atoms with E-state index in [-0.39, 0.29) is 11.8 Å². The van der Waals surface area contributed by atoms with E-state index in [1.807, 2.05) is 6.07 Å². The maximum absolute atomic E-state index is 11.3. The second-order valence-corrected chi connectivity index (χ2v) is 5.33. The number of rotatable bonds is 3. The van der Waals surface area contributed by atoms with Crippen molar-refractivity contribution in [3.8, 4) is 0 Å². The quantitative estimate of drug-likeness (QED) is 0.850. The highest BCUT2D eigenvalue weighted by molar-refractivity contribution is 6.29. The van der Waals surface area contributed by atoms with Crippen LogP contribution in [0.2, 0.25) is 5.15 Å². The molecule has 0 aromatic carbocycles. The van der Waals surface area contributed by atoms with Crippen LogP contribution in [0.4, 0.5) is 0 Å². The van der Waals surface area contributed by atoms with E-state index in [9.17, 15) is 4.79 Å². The SMILES string of the molecule is CC1CCC(C(N)=O)CN1Cc1ccc(Cl)nc1. The zero-order valence-corrected chi connectivity index (χ0v) is 11.2. The lowest BCUT2D eigenvalue weighted by Gasteiger charge is -2.36. The molecule has 4 nitrogen and oxygen atoms in total. The molecule has 0 aliphatic carbocycles. The fraction of sp³-hybridized carbons (Fsp3) is 0.538. The third kappa shape index (κ3) is 3.21. The van der Waals surface area contributed by atoms with Gasteiger partial charge in [0.05, 0.1) is 5.92 Å². The first-order valence-corrected chi connectivity index (χ1v) is 6.58. The van der Waals surface area contributed by atoms with Crippen molar-refractivity contribution >= 4 is 17.5 Å². The second-order valence-electron chi connectivity index (χ2n) is 4.94. The van der Waals surface area contributed by atoms with E-state index >= 15 is 0 Å². The van der Waals surface area contributed by atoms with E-state index in [0.29, 0.717) is 11.2 Å². The van der Waals surface area contributed by atoms with E-state index in [1.165, 1.54) is 0 Å². The van der Waals surface area contributed by atoms with Crippen LogP contribution in [0.1, 0.15) is 25.3 Å². The Hall–Kier alpha value is -1.13. The van der Waals surface area contributed by atoms with Crippen molar-refractivity contribution < 1.29 is 4.79 Å². The van der Waals surface area contributed by atoms with Crippen molar-refractivity contribution in [2.24, 2.45) is 11.7 Å². The van der Waals surface area contributed by atoms with Crippen molar-refractivity contribution in [3.63, 3.8) is 0 Å². The molecule has 1 fully saturated rings. The van der Waals surface area contributed by atoms with Crippen LogP contribution in [-0.2, 0) is 11.3 Å². The van der Waals surface area contributed by atoms with Gasteiger partial charge in [-0.2, -0.15) is 0 Å². The molecule has 2 rings (SSSR count). The van der Waals surface area contributed by atoms with Gasteiger partial charge in [0.1, 0.15) is 5.15 Å². The van der Waals surface area contributed by atoms with Gasteiger partial charge in [0.25, 0.3) is 0 Å².